The molecule has 0 radical (unpaired) electrons. The van der Waals surface area contributed by atoms with Crippen molar-refractivity contribution < 1.29 is 18.7 Å². The number of amides is 1. The van der Waals surface area contributed by atoms with Crippen LogP contribution in [-0.2, 0) is 16.0 Å². The van der Waals surface area contributed by atoms with E-state index >= 15 is 0 Å². The first-order valence-corrected chi connectivity index (χ1v) is 11.2. The molecule has 2 aromatic carbocycles. The molecule has 33 heavy (non-hydrogen) atoms. The summed E-state index contributed by atoms with van der Waals surface area (Å²) in [7, 11) is 0. The van der Waals surface area contributed by atoms with Crippen LogP contribution in [0.15, 0.2) is 58.7 Å². The van der Waals surface area contributed by atoms with Gasteiger partial charge in [-0.3, -0.25) is 9.59 Å². The van der Waals surface area contributed by atoms with Gasteiger partial charge in [-0.2, -0.15) is 9.78 Å². The van der Waals surface area contributed by atoms with Crippen molar-refractivity contribution in [1.82, 2.24) is 9.78 Å². The molecule has 0 aliphatic rings. The smallest absolute Gasteiger partial charge is 0.359 e. The Labute approximate surface area is 196 Å². The second-order valence-corrected chi connectivity index (χ2v) is 8.22. The van der Waals surface area contributed by atoms with Crippen molar-refractivity contribution in [3.05, 3.63) is 86.4 Å². The third-order valence-electron chi connectivity index (χ3n) is 4.75. The van der Waals surface area contributed by atoms with Crippen LogP contribution in [0.2, 0.25) is 5.02 Å². The van der Waals surface area contributed by atoms with Crippen LogP contribution in [0.1, 0.15) is 23.0 Å². The molecule has 0 unspecified atom stereocenters. The van der Waals surface area contributed by atoms with Gasteiger partial charge in [0.25, 0.3) is 5.56 Å². The molecule has 2 heterocycles. The van der Waals surface area contributed by atoms with Crippen LogP contribution in [-0.4, -0.2) is 28.3 Å². The summed E-state index contributed by atoms with van der Waals surface area (Å²) in [5, 5.41) is 9.56. The maximum Gasteiger partial charge on any atom is 0.359 e. The van der Waals surface area contributed by atoms with E-state index in [1.807, 2.05) is 0 Å². The van der Waals surface area contributed by atoms with E-state index in [1.165, 1.54) is 24.3 Å². The van der Waals surface area contributed by atoms with Crippen LogP contribution in [0.4, 0.5) is 9.39 Å². The number of carbonyl (C=O) groups excluding carboxylic acids is 2. The molecule has 7 nitrogen and oxygen atoms in total. The number of esters is 1. The minimum atomic E-state index is -0.717. The fourth-order valence-electron chi connectivity index (χ4n) is 3.23. The molecule has 0 bridgehead atoms. The van der Waals surface area contributed by atoms with Gasteiger partial charge in [0.2, 0.25) is 5.91 Å². The number of benzene rings is 2. The van der Waals surface area contributed by atoms with Gasteiger partial charge in [-0.05, 0) is 42.8 Å². The van der Waals surface area contributed by atoms with Gasteiger partial charge >= 0.3 is 5.97 Å². The van der Waals surface area contributed by atoms with Crippen LogP contribution in [0, 0.1) is 5.82 Å². The minimum absolute atomic E-state index is 0.00103. The molecule has 1 amide bonds. The van der Waals surface area contributed by atoms with E-state index in [0.29, 0.717) is 10.6 Å². The summed E-state index contributed by atoms with van der Waals surface area (Å²) in [5.41, 5.74) is 0.237. The molecule has 0 fully saturated rings. The summed E-state index contributed by atoms with van der Waals surface area (Å²) >= 11 is 7.23. The zero-order chi connectivity index (χ0) is 23.5. The maximum absolute atomic E-state index is 13.4. The lowest BCUT2D eigenvalue weighted by Crippen LogP contribution is -2.25. The van der Waals surface area contributed by atoms with Gasteiger partial charge < -0.3 is 10.1 Å². The van der Waals surface area contributed by atoms with Gasteiger partial charge in [0, 0.05) is 15.8 Å². The standard InChI is InChI=1S/C23H17ClFN3O4S/c1-2-32-23(31)20-16-12-33-21(26-18(29)11-13-5-3-4-6-17(13)24)19(16)22(30)28(27-20)15-9-7-14(25)8-10-15/h3-10,12H,2,11H2,1H3,(H,26,29). The van der Waals surface area contributed by atoms with Crippen LogP contribution >= 0.6 is 22.9 Å². The Bertz CT molecular complexity index is 1420. The second kappa shape index (κ2) is 9.51. The Morgan fingerprint density at radius 2 is 1.91 bits per heavy atom. The quantitative estimate of drug-likeness (QED) is 0.403. The number of hydrogen-bond acceptors (Lipinski definition) is 6. The van der Waals surface area contributed by atoms with E-state index < -0.39 is 17.3 Å². The predicted octanol–water partition coefficient (Wildman–Crippen LogP) is 4.60. The van der Waals surface area contributed by atoms with Crippen LogP contribution < -0.4 is 10.9 Å². The number of hydrogen-bond donors (Lipinski definition) is 1. The Kier molecular flexibility index (Phi) is 6.52. The SMILES string of the molecule is CCOC(=O)c1nn(-c2ccc(F)cc2)c(=O)c2c(NC(=O)Cc3ccccc3Cl)scc12. The zero-order valence-corrected chi connectivity index (χ0v) is 18.9. The fraction of sp³-hybridized carbons (Fsp3) is 0.130. The maximum atomic E-state index is 13.4. The molecular formula is C23H17ClFN3O4S. The first-order chi connectivity index (χ1) is 15.9. The summed E-state index contributed by atoms with van der Waals surface area (Å²) in [4.78, 5) is 38.6. The zero-order valence-electron chi connectivity index (χ0n) is 17.3. The number of rotatable bonds is 6. The molecule has 4 aromatic rings. The van der Waals surface area contributed by atoms with Crippen LogP contribution in [0.3, 0.4) is 0 Å². The molecule has 0 atom stereocenters. The van der Waals surface area contributed by atoms with Crippen molar-refractivity contribution >= 4 is 50.6 Å². The monoisotopic (exact) mass is 485 g/mol. The van der Waals surface area contributed by atoms with Gasteiger partial charge in [0.1, 0.15) is 10.8 Å². The molecule has 0 saturated carbocycles. The van der Waals surface area contributed by atoms with E-state index in [2.05, 4.69) is 10.4 Å². The van der Waals surface area contributed by atoms with E-state index in [9.17, 15) is 18.8 Å². The molecule has 0 spiro atoms. The number of aromatic nitrogens is 2. The summed E-state index contributed by atoms with van der Waals surface area (Å²) < 4.78 is 19.5. The highest BCUT2D eigenvalue weighted by molar-refractivity contribution is 7.16. The Hall–Kier alpha value is -3.56. The Morgan fingerprint density at radius 1 is 1.18 bits per heavy atom. The second-order valence-electron chi connectivity index (χ2n) is 6.93. The highest BCUT2D eigenvalue weighted by Crippen LogP contribution is 2.31. The number of anilines is 1. The predicted molar refractivity (Wildman–Crippen MR) is 125 cm³/mol. The first kappa shape index (κ1) is 22.6. The molecule has 2 aromatic heterocycles. The number of carbonyl (C=O) groups is 2. The third-order valence-corrected chi connectivity index (χ3v) is 6.02. The molecule has 4 rings (SSSR count). The summed E-state index contributed by atoms with van der Waals surface area (Å²) in [6.45, 7) is 1.77. The van der Waals surface area contributed by atoms with Crippen LogP contribution in [0.5, 0.6) is 0 Å². The number of thiophene rings is 1. The summed E-state index contributed by atoms with van der Waals surface area (Å²) in [6.07, 6.45) is 0.00103. The number of nitrogens with zero attached hydrogens (tertiary/aromatic N) is 2. The van der Waals surface area contributed by atoms with Gasteiger partial charge in [0.05, 0.1) is 24.1 Å². The van der Waals surface area contributed by atoms with Crippen LogP contribution in [0.25, 0.3) is 16.5 Å². The molecule has 0 saturated heterocycles. The Morgan fingerprint density at radius 3 is 2.61 bits per heavy atom. The minimum Gasteiger partial charge on any atom is -0.461 e. The summed E-state index contributed by atoms with van der Waals surface area (Å²) in [6, 6.07) is 12.0. The molecule has 168 valence electrons. The van der Waals surface area contributed by atoms with Crippen molar-refractivity contribution in [3.8, 4) is 5.69 Å². The Balaban J connectivity index is 1.80. The van der Waals surface area contributed by atoms with Crippen molar-refractivity contribution in [2.75, 3.05) is 11.9 Å². The molecule has 10 heteroatoms. The topological polar surface area (TPSA) is 90.3 Å². The van der Waals surface area contributed by atoms with Crippen molar-refractivity contribution in [3.63, 3.8) is 0 Å². The normalized spacial score (nSPS) is 10.9. The highest BCUT2D eigenvalue weighted by Gasteiger charge is 2.23. The molecular weight excluding hydrogens is 469 g/mol. The largest absolute Gasteiger partial charge is 0.461 e. The first-order valence-electron chi connectivity index (χ1n) is 9.90. The third kappa shape index (κ3) is 4.64. The van der Waals surface area contributed by atoms with E-state index in [1.54, 1.807) is 36.6 Å². The lowest BCUT2D eigenvalue weighted by molar-refractivity contribution is -0.115. The highest BCUT2D eigenvalue weighted by atomic mass is 35.5. The number of ether oxygens (including phenoxy) is 1. The molecule has 1 N–H and O–H groups in total. The number of fused-ring (bicyclic) bond motifs is 1. The van der Waals surface area contributed by atoms with Gasteiger partial charge in [0.15, 0.2) is 5.69 Å². The number of nitrogens with one attached hydrogen (secondary N) is 1. The van der Waals surface area contributed by atoms with Crippen molar-refractivity contribution in [2.45, 2.75) is 13.3 Å². The molecule has 0 aliphatic heterocycles. The fourth-order valence-corrected chi connectivity index (χ4v) is 4.39. The number of halogens is 2. The van der Waals surface area contributed by atoms with Gasteiger partial charge in [-0.15, -0.1) is 11.3 Å². The van der Waals surface area contributed by atoms with Crippen molar-refractivity contribution in [1.29, 1.82) is 0 Å². The van der Waals surface area contributed by atoms with E-state index in [4.69, 9.17) is 16.3 Å². The average Bonchev–Trinajstić information content (AvgIpc) is 3.20. The van der Waals surface area contributed by atoms with E-state index in [-0.39, 0.29) is 46.1 Å². The average molecular weight is 486 g/mol. The van der Waals surface area contributed by atoms with Gasteiger partial charge in [-0.25, -0.2) is 9.18 Å². The lowest BCUT2D eigenvalue weighted by atomic mass is 10.1. The van der Waals surface area contributed by atoms with E-state index in [0.717, 1.165) is 16.0 Å². The van der Waals surface area contributed by atoms with Crippen molar-refractivity contribution in [2.24, 2.45) is 0 Å². The van der Waals surface area contributed by atoms with Gasteiger partial charge in [-0.1, -0.05) is 29.8 Å². The summed E-state index contributed by atoms with van der Waals surface area (Å²) in [5.74, 6) is -1.58. The molecule has 0 aliphatic carbocycles. The lowest BCUT2D eigenvalue weighted by Gasteiger charge is -2.10.